The largest absolute Gasteiger partial charge is 0.461 e. The lowest BCUT2D eigenvalue weighted by Crippen LogP contribution is -2.06. The molecule has 0 fully saturated rings. The third kappa shape index (κ3) is 4.13. The fourth-order valence-corrected chi connectivity index (χ4v) is 2.61. The molecule has 2 aromatic carbocycles. The first-order valence-electron chi connectivity index (χ1n) is 8.28. The molecule has 0 bridgehead atoms. The molecule has 0 aliphatic rings. The SMILES string of the molecule is CCOC(=O)c1nc(-c2ccc(OC(F)F)c(-c3ccccc3)c2)oc1C. The predicted molar refractivity (Wildman–Crippen MR) is 94.7 cm³/mol. The lowest BCUT2D eigenvalue weighted by atomic mass is 10.0. The van der Waals surface area contributed by atoms with Crippen LogP contribution in [0.2, 0.25) is 0 Å². The Morgan fingerprint density at radius 2 is 1.89 bits per heavy atom. The minimum atomic E-state index is -2.95. The van der Waals surface area contributed by atoms with Gasteiger partial charge in [0, 0.05) is 11.1 Å². The molecule has 0 spiro atoms. The van der Waals surface area contributed by atoms with Crippen LogP contribution in [0.3, 0.4) is 0 Å². The Hall–Kier alpha value is -3.22. The summed E-state index contributed by atoms with van der Waals surface area (Å²) in [5.41, 5.74) is 1.76. The number of esters is 1. The second-order valence-electron chi connectivity index (χ2n) is 5.60. The van der Waals surface area contributed by atoms with Crippen molar-refractivity contribution in [1.82, 2.24) is 4.98 Å². The summed E-state index contributed by atoms with van der Waals surface area (Å²) >= 11 is 0. The number of hydrogen-bond acceptors (Lipinski definition) is 5. The molecule has 1 aromatic heterocycles. The molecular formula is C20H17F2NO4. The van der Waals surface area contributed by atoms with Crippen LogP contribution in [-0.2, 0) is 4.74 Å². The smallest absolute Gasteiger partial charge is 0.387 e. The molecule has 3 rings (SSSR count). The number of ether oxygens (including phenoxy) is 2. The highest BCUT2D eigenvalue weighted by molar-refractivity contribution is 5.89. The first kappa shape index (κ1) is 18.6. The first-order valence-corrected chi connectivity index (χ1v) is 8.28. The summed E-state index contributed by atoms with van der Waals surface area (Å²) in [5, 5.41) is 0. The fourth-order valence-electron chi connectivity index (χ4n) is 2.61. The second-order valence-corrected chi connectivity index (χ2v) is 5.60. The maximum Gasteiger partial charge on any atom is 0.387 e. The topological polar surface area (TPSA) is 61.6 Å². The Balaban J connectivity index is 2.05. The summed E-state index contributed by atoms with van der Waals surface area (Å²) in [4.78, 5) is 16.1. The molecule has 140 valence electrons. The minimum absolute atomic E-state index is 0.0360. The number of benzene rings is 2. The number of hydrogen-bond donors (Lipinski definition) is 0. The van der Waals surface area contributed by atoms with Crippen LogP contribution in [-0.4, -0.2) is 24.2 Å². The Morgan fingerprint density at radius 3 is 2.56 bits per heavy atom. The zero-order valence-corrected chi connectivity index (χ0v) is 14.7. The molecule has 5 nitrogen and oxygen atoms in total. The maximum atomic E-state index is 12.8. The molecule has 0 unspecified atom stereocenters. The van der Waals surface area contributed by atoms with E-state index >= 15 is 0 Å². The number of halogens is 2. The van der Waals surface area contributed by atoms with Gasteiger partial charge >= 0.3 is 12.6 Å². The molecule has 0 saturated carbocycles. The van der Waals surface area contributed by atoms with Gasteiger partial charge in [0.25, 0.3) is 0 Å². The van der Waals surface area contributed by atoms with Crippen molar-refractivity contribution in [2.75, 3.05) is 6.61 Å². The van der Waals surface area contributed by atoms with Crippen LogP contribution in [0.1, 0.15) is 23.2 Å². The Kier molecular flexibility index (Phi) is 5.49. The third-order valence-electron chi connectivity index (χ3n) is 3.79. The minimum Gasteiger partial charge on any atom is -0.461 e. The van der Waals surface area contributed by atoms with Crippen molar-refractivity contribution in [2.24, 2.45) is 0 Å². The Morgan fingerprint density at radius 1 is 1.15 bits per heavy atom. The van der Waals surface area contributed by atoms with E-state index in [1.165, 1.54) is 6.07 Å². The van der Waals surface area contributed by atoms with Gasteiger partial charge in [-0.1, -0.05) is 30.3 Å². The van der Waals surface area contributed by atoms with E-state index in [9.17, 15) is 13.6 Å². The van der Waals surface area contributed by atoms with Gasteiger partial charge in [0.1, 0.15) is 11.5 Å². The number of carbonyl (C=O) groups is 1. The highest BCUT2D eigenvalue weighted by Crippen LogP contribution is 2.35. The molecule has 0 aliphatic carbocycles. The van der Waals surface area contributed by atoms with Crippen LogP contribution in [0.4, 0.5) is 8.78 Å². The van der Waals surface area contributed by atoms with Gasteiger partial charge in [-0.05, 0) is 37.6 Å². The fraction of sp³-hybridized carbons (Fsp3) is 0.200. The molecule has 7 heteroatoms. The molecule has 0 aliphatic heterocycles. The number of rotatable bonds is 6. The summed E-state index contributed by atoms with van der Waals surface area (Å²) in [7, 11) is 0. The average Bonchev–Trinajstić information content (AvgIpc) is 3.04. The molecule has 0 radical (unpaired) electrons. The van der Waals surface area contributed by atoms with Crippen LogP contribution in [0, 0.1) is 6.92 Å². The average molecular weight is 373 g/mol. The normalized spacial score (nSPS) is 10.9. The first-order chi connectivity index (χ1) is 13.0. The molecule has 0 N–H and O–H groups in total. The zero-order chi connectivity index (χ0) is 19.4. The van der Waals surface area contributed by atoms with Crippen molar-refractivity contribution in [1.29, 1.82) is 0 Å². The second kappa shape index (κ2) is 7.99. The van der Waals surface area contributed by atoms with E-state index < -0.39 is 12.6 Å². The number of aryl methyl sites for hydroxylation is 1. The van der Waals surface area contributed by atoms with Crippen molar-refractivity contribution < 1.29 is 27.5 Å². The van der Waals surface area contributed by atoms with E-state index in [4.69, 9.17) is 9.15 Å². The summed E-state index contributed by atoms with van der Waals surface area (Å²) < 4.78 is 40.7. The van der Waals surface area contributed by atoms with Gasteiger partial charge in [-0.2, -0.15) is 8.78 Å². The van der Waals surface area contributed by atoms with Crippen molar-refractivity contribution in [3.63, 3.8) is 0 Å². The van der Waals surface area contributed by atoms with E-state index in [0.717, 1.165) is 0 Å². The van der Waals surface area contributed by atoms with Gasteiger partial charge in [0.2, 0.25) is 5.89 Å². The lowest BCUT2D eigenvalue weighted by molar-refractivity contribution is -0.0494. The summed E-state index contributed by atoms with van der Waals surface area (Å²) in [6.07, 6.45) is 0. The van der Waals surface area contributed by atoms with Gasteiger partial charge < -0.3 is 13.9 Å². The Bertz CT molecular complexity index is 938. The van der Waals surface area contributed by atoms with E-state index in [1.807, 2.05) is 6.07 Å². The quantitative estimate of drug-likeness (QED) is 0.563. The van der Waals surface area contributed by atoms with Crippen LogP contribution in [0.15, 0.2) is 52.9 Å². The number of carbonyl (C=O) groups excluding carboxylic acids is 1. The summed E-state index contributed by atoms with van der Waals surface area (Å²) in [5.74, 6) is -0.0336. The third-order valence-corrected chi connectivity index (χ3v) is 3.79. The molecule has 0 amide bonds. The molecule has 27 heavy (non-hydrogen) atoms. The van der Waals surface area contributed by atoms with E-state index in [2.05, 4.69) is 9.72 Å². The number of oxazole rings is 1. The number of nitrogens with zero attached hydrogens (tertiary/aromatic N) is 1. The van der Waals surface area contributed by atoms with Crippen LogP contribution >= 0.6 is 0 Å². The van der Waals surface area contributed by atoms with Gasteiger partial charge in [-0.3, -0.25) is 0 Å². The van der Waals surface area contributed by atoms with Crippen molar-refractivity contribution in [3.05, 3.63) is 60.0 Å². The van der Waals surface area contributed by atoms with Crippen LogP contribution in [0.5, 0.6) is 5.75 Å². The van der Waals surface area contributed by atoms with Crippen molar-refractivity contribution >= 4 is 5.97 Å². The Labute approximate surface area is 154 Å². The number of aromatic nitrogens is 1. The van der Waals surface area contributed by atoms with Gasteiger partial charge in [-0.25, -0.2) is 9.78 Å². The van der Waals surface area contributed by atoms with Crippen molar-refractivity contribution in [2.45, 2.75) is 20.5 Å². The maximum absolute atomic E-state index is 12.8. The number of alkyl halides is 2. The van der Waals surface area contributed by atoms with E-state index in [0.29, 0.717) is 22.5 Å². The predicted octanol–water partition coefficient (Wildman–Crippen LogP) is 5.10. The van der Waals surface area contributed by atoms with Gasteiger partial charge in [-0.15, -0.1) is 0 Å². The zero-order valence-electron chi connectivity index (χ0n) is 14.7. The summed E-state index contributed by atoms with van der Waals surface area (Å²) in [6, 6.07) is 13.6. The summed E-state index contributed by atoms with van der Waals surface area (Å²) in [6.45, 7) is 0.577. The van der Waals surface area contributed by atoms with Gasteiger partial charge in [0.05, 0.1) is 6.61 Å². The van der Waals surface area contributed by atoms with E-state index in [-0.39, 0.29) is 23.9 Å². The van der Waals surface area contributed by atoms with Crippen LogP contribution in [0.25, 0.3) is 22.6 Å². The lowest BCUT2D eigenvalue weighted by Gasteiger charge is -2.12. The monoisotopic (exact) mass is 373 g/mol. The molecule has 3 aromatic rings. The molecule has 1 heterocycles. The molecule has 0 atom stereocenters. The van der Waals surface area contributed by atoms with Crippen LogP contribution < -0.4 is 4.74 Å². The highest BCUT2D eigenvalue weighted by Gasteiger charge is 2.20. The molecule has 0 saturated heterocycles. The molecular weight excluding hydrogens is 356 g/mol. The van der Waals surface area contributed by atoms with Crippen molar-refractivity contribution in [3.8, 4) is 28.3 Å². The standard InChI is InChI=1S/C20H17F2NO4/c1-3-25-19(24)17-12(2)26-18(23-17)14-9-10-16(27-20(21)22)15(11-14)13-7-5-4-6-8-13/h4-11,20H,3H2,1-2H3. The van der Waals surface area contributed by atoms with Gasteiger partial charge in [0.15, 0.2) is 5.69 Å². The van der Waals surface area contributed by atoms with E-state index in [1.54, 1.807) is 50.2 Å². The highest BCUT2D eigenvalue weighted by atomic mass is 19.3.